The van der Waals surface area contributed by atoms with Gasteiger partial charge in [-0.2, -0.15) is 0 Å². The molecule has 3 rings (SSSR count). The fourth-order valence-corrected chi connectivity index (χ4v) is 5.74. The molecule has 0 fully saturated rings. The van der Waals surface area contributed by atoms with Crippen LogP contribution in [0.1, 0.15) is 25.8 Å². The summed E-state index contributed by atoms with van der Waals surface area (Å²) in [5, 5.41) is 3.50. The number of likely N-dealkylation sites (N-methyl/N-ethyl adjacent to an activating group) is 1. The molecule has 0 aromatic heterocycles. The first kappa shape index (κ1) is 30.3. The highest BCUT2D eigenvalue weighted by Gasteiger charge is 2.34. The maximum Gasteiger partial charge on any atom is 0.264 e. The predicted octanol–water partition coefficient (Wildman–Crippen LogP) is 5.14. The summed E-state index contributed by atoms with van der Waals surface area (Å²) in [6.07, 6.45) is 0.318. The van der Waals surface area contributed by atoms with Gasteiger partial charge in [-0.3, -0.25) is 13.9 Å². The van der Waals surface area contributed by atoms with Crippen molar-refractivity contribution in [1.29, 1.82) is 0 Å². The Morgan fingerprint density at radius 3 is 2.08 bits per heavy atom. The second-order valence-electron chi connectivity index (χ2n) is 8.55. The zero-order chi connectivity index (χ0) is 28.6. The molecule has 0 aliphatic rings. The normalized spacial score (nSPS) is 11.9. The lowest BCUT2D eigenvalue weighted by atomic mass is 10.1. The van der Waals surface area contributed by atoms with Gasteiger partial charge in [0.2, 0.25) is 11.8 Å². The summed E-state index contributed by atoms with van der Waals surface area (Å²) in [5.74, 6) is -0.626. The Morgan fingerprint density at radius 1 is 0.923 bits per heavy atom. The first-order chi connectivity index (χ1) is 18.6. The summed E-state index contributed by atoms with van der Waals surface area (Å²) in [7, 11) is -2.76. The monoisotopic (exact) mass is 591 g/mol. The molecule has 0 unspecified atom stereocenters. The van der Waals surface area contributed by atoms with Gasteiger partial charge in [0.25, 0.3) is 10.0 Å². The molecule has 0 heterocycles. The van der Waals surface area contributed by atoms with Crippen molar-refractivity contribution < 1.29 is 22.7 Å². The van der Waals surface area contributed by atoms with Gasteiger partial charge in [-0.15, -0.1) is 0 Å². The van der Waals surface area contributed by atoms with Crippen LogP contribution in [-0.2, 0) is 26.2 Å². The summed E-state index contributed by atoms with van der Waals surface area (Å²) in [6, 6.07) is 18.3. The second kappa shape index (κ2) is 13.7. The van der Waals surface area contributed by atoms with Crippen molar-refractivity contribution in [2.24, 2.45) is 0 Å². The van der Waals surface area contributed by atoms with Crippen molar-refractivity contribution in [3.8, 4) is 5.75 Å². The van der Waals surface area contributed by atoms with Crippen LogP contribution in [0.3, 0.4) is 0 Å². The number of ether oxygens (including phenoxy) is 1. The van der Waals surface area contributed by atoms with Crippen LogP contribution in [0.5, 0.6) is 5.75 Å². The highest BCUT2D eigenvalue weighted by molar-refractivity contribution is 7.92. The van der Waals surface area contributed by atoms with E-state index in [1.807, 2.05) is 0 Å². The molecule has 1 N–H and O–H groups in total. The van der Waals surface area contributed by atoms with Crippen LogP contribution >= 0.6 is 23.2 Å². The number of halogens is 2. The molecule has 0 spiro atoms. The molecule has 0 bridgehead atoms. The number of hydrogen-bond donors (Lipinski definition) is 1. The fraction of sp³-hybridized carbons (Fsp3) is 0.286. The maximum atomic E-state index is 14.0. The number of sulfonamides is 1. The van der Waals surface area contributed by atoms with E-state index >= 15 is 0 Å². The van der Waals surface area contributed by atoms with E-state index < -0.39 is 28.5 Å². The summed E-state index contributed by atoms with van der Waals surface area (Å²) < 4.78 is 34.6. The molecule has 8 nitrogen and oxygen atoms in total. The number of nitrogens with zero attached hydrogens (tertiary/aromatic N) is 2. The second-order valence-corrected chi connectivity index (χ2v) is 11.3. The molecule has 11 heteroatoms. The Balaban J connectivity index is 2.10. The van der Waals surface area contributed by atoms with Crippen molar-refractivity contribution in [2.45, 2.75) is 37.8 Å². The Bertz CT molecular complexity index is 1380. The molecule has 1 atom stereocenters. The Kier molecular flexibility index (Phi) is 10.6. The van der Waals surface area contributed by atoms with Crippen molar-refractivity contribution in [2.75, 3.05) is 24.5 Å². The molecular formula is C28H31Cl2N3O5S. The highest BCUT2D eigenvalue weighted by atomic mass is 35.5. The van der Waals surface area contributed by atoms with E-state index in [-0.39, 0.29) is 29.6 Å². The number of benzene rings is 3. The van der Waals surface area contributed by atoms with Crippen LogP contribution in [0, 0.1) is 0 Å². The van der Waals surface area contributed by atoms with E-state index in [0.29, 0.717) is 22.2 Å². The summed E-state index contributed by atoms with van der Waals surface area (Å²) >= 11 is 12.0. The third kappa shape index (κ3) is 7.44. The lowest BCUT2D eigenvalue weighted by Crippen LogP contribution is -2.51. The molecule has 0 aliphatic heterocycles. The van der Waals surface area contributed by atoms with Crippen LogP contribution < -0.4 is 14.4 Å². The molecule has 208 valence electrons. The fourth-order valence-electron chi connectivity index (χ4n) is 4.06. The van der Waals surface area contributed by atoms with E-state index in [9.17, 15) is 18.0 Å². The van der Waals surface area contributed by atoms with E-state index in [1.54, 1.807) is 62.4 Å². The van der Waals surface area contributed by atoms with Gasteiger partial charge in [0.05, 0.1) is 17.2 Å². The molecule has 3 aromatic rings. The van der Waals surface area contributed by atoms with Gasteiger partial charge < -0.3 is 15.0 Å². The lowest BCUT2D eigenvalue weighted by molar-refractivity contribution is -0.140. The number of carbonyl (C=O) groups is 2. The van der Waals surface area contributed by atoms with Gasteiger partial charge in [-0.25, -0.2) is 8.42 Å². The third-order valence-corrected chi connectivity index (χ3v) is 8.29. The topological polar surface area (TPSA) is 96.0 Å². The lowest BCUT2D eigenvalue weighted by Gasteiger charge is -2.33. The minimum atomic E-state index is -4.25. The molecule has 0 saturated carbocycles. The Morgan fingerprint density at radius 2 is 1.51 bits per heavy atom. The SMILES string of the molecule is CCOc1ccccc1N(CC(=O)N(Cc1ccc(Cl)cc1)[C@@H](CC)C(=O)NC)S(=O)(=O)c1ccc(Cl)cc1. The molecular weight excluding hydrogens is 561 g/mol. The Hall–Kier alpha value is -3.27. The first-order valence-corrected chi connectivity index (χ1v) is 14.6. The smallest absolute Gasteiger partial charge is 0.264 e. The number of amides is 2. The summed E-state index contributed by atoms with van der Waals surface area (Å²) in [6.45, 7) is 3.36. The minimum Gasteiger partial charge on any atom is -0.492 e. The number of hydrogen-bond acceptors (Lipinski definition) is 5. The van der Waals surface area contributed by atoms with Crippen molar-refractivity contribution >= 4 is 50.7 Å². The van der Waals surface area contributed by atoms with E-state index in [2.05, 4.69) is 5.32 Å². The molecule has 2 amide bonds. The van der Waals surface area contributed by atoms with Crippen LogP contribution in [0.15, 0.2) is 77.7 Å². The zero-order valence-corrected chi connectivity index (χ0v) is 24.3. The molecule has 3 aromatic carbocycles. The number of carbonyl (C=O) groups excluding carboxylic acids is 2. The van der Waals surface area contributed by atoms with Gasteiger partial charge in [0.15, 0.2) is 0 Å². The van der Waals surface area contributed by atoms with Crippen LogP contribution in [-0.4, -0.2) is 51.4 Å². The van der Waals surface area contributed by atoms with E-state index in [4.69, 9.17) is 27.9 Å². The largest absolute Gasteiger partial charge is 0.492 e. The molecule has 0 saturated heterocycles. The van der Waals surface area contributed by atoms with Crippen molar-refractivity contribution in [1.82, 2.24) is 10.2 Å². The average molecular weight is 593 g/mol. The van der Waals surface area contributed by atoms with Gasteiger partial charge in [-0.1, -0.05) is 54.4 Å². The first-order valence-electron chi connectivity index (χ1n) is 12.4. The number of nitrogens with one attached hydrogen (secondary N) is 1. The minimum absolute atomic E-state index is 0.0476. The number of para-hydroxylation sites is 2. The molecule has 0 radical (unpaired) electrons. The Labute approximate surface area is 239 Å². The zero-order valence-electron chi connectivity index (χ0n) is 21.9. The maximum absolute atomic E-state index is 14.0. The van der Waals surface area contributed by atoms with Gasteiger partial charge >= 0.3 is 0 Å². The average Bonchev–Trinajstić information content (AvgIpc) is 2.93. The highest BCUT2D eigenvalue weighted by Crippen LogP contribution is 2.33. The van der Waals surface area contributed by atoms with Crippen LogP contribution in [0.2, 0.25) is 10.0 Å². The van der Waals surface area contributed by atoms with E-state index in [1.165, 1.54) is 36.2 Å². The third-order valence-electron chi connectivity index (χ3n) is 6.01. The summed E-state index contributed by atoms with van der Waals surface area (Å²) in [5.41, 5.74) is 0.930. The number of rotatable bonds is 12. The van der Waals surface area contributed by atoms with Crippen molar-refractivity contribution in [3.05, 3.63) is 88.4 Å². The molecule has 0 aliphatic carbocycles. The summed E-state index contributed by atoms with van der Waals surface area (Å²) in [4.78, 5) is 28.1. The van der Waals surface area contributed by atoms with Crippen molar-refractivity contribution in [3.63, 3.8) is 0 Å². The standard InChI is InChI=1S/C28H31Cl2N3O5S/c1-4-24(28(35)31-3)32(18-20-10-12-21(29)13-11-20)27(34)19-33(25-8-6-7-9-26(25)38-5-2)39(36,37)23-16-14-22(30)15-17-23/h6-17,24H,4-5,18-19H2,1-3H3,(H,31,35)/t24-/m0/s1. The van der Waals surface area contributed by atoms with Crippen LogP contribution in [0.25, 0.3) is 0 Å². The molecule has 39 heavy (non-hydrogen) atoms. The van der Waals surface area contributed by atoms with Gasteiger partial charge in [0, 0.05) is 23.6 Å². The predicted molar refractivity (Wildman–Crippen MR) is 154 cm³/mol. The van der Waals surface area contributed by atoms with E-state index in [0.717, 1.165) is 9.87 Å². The van der Waals surface area contributed by atoms with Gasteiger partial charge in [-0.05, 0) is 67.4 Å². The van der Waals surface area contributed by atoms with Gasteiger partial charge in [0.1, 0.15) is 18.3 Å². The van der Waals surface area contributed by atoms with Crippen LogP contribution in [0.4, 0.5) is 5.69 Å². The number of anilines is 1. The quantitative estimate of drug-likeness (QED) is 0.314.